The first-order valence-electron chi connectivity index (χ1n) is 7.53. The molecule has 4 aromatic rings. The van der Waals surface area contributed by atoms with Gasteiger partial charge < -0.3 is 4.57 Å². The van der Waals surface area contributed by atoms with Gasteiger partial charge in [-0.25, -0.2) is 4.79 Å². The van der Waals surface area contributed by atoms with E-state index in [1.807, 2.05) is 41.0 Å². The molecular formula is C18H12ClN3O3. The Morgan fingerprint density at radius 2 is 2.12 bits per heavy atom. The summed E-state index contributed by atoms with van der Waals surface area (Å²) in [6.07, 6.45) is 2.61. The smallest absolute Gasteiger partial charge is 0.342 e. The van der Waals surface area contributed by atoms with Gasteiger partial charge in [0.2, 0.25) is 0 Å². The van der Waals surface area contributed by atoms with Crippen molar-refractivity contribution in [2.24, 2.45) is 0 Å². The van der Waals surface area contributed by atoms with Crippen molar-refractivity contribution in [3.05, 3.63) is 75.4 Å². The van der Waals surface area contributed by atoms with E-state index in [0.29, 0.717) is 28.5 Å². The maximum Gasteiger partial charge on any atom is 0.439 e. The molecule has 0 saturated carbocycles. The van der Waals surface area contributed by atoms with Gasteiger partial charge in [-0.15, -0.1) is 0 Å². The average molecular weight is 354 g/mol. The Balaban J connectivity index is 1.81. The molecule has 2 aromatic carbocycles. The van der Waals surface area contributed by atoms with Gasteiger partial charge in [0.1, 0.15) is 0 Å². The molecule has 0 spiro atoms. The lowest BCUT2D eigenvalue weighted by atomic mass is 10.1. The summed E-state index contributed by atoms with van der Waals surface area (Å²) < 4.78 is 6.52. The maximum absolute atomic E-state index is 11.5. The monoisotopic (exact) mass is 353 g/mol. The molecule has 0 radical (unpaired) electrons. The highest BCUT2D eigenvalue weighted by Gasteiger charge is 2.12. The number of carbonyl (C=O) groups excluding carboxylic acids is 1. The second-order valence-corrected chi connectivity index (χ2v) is 6.07. The molecule has 7 heteroatoms. The first-order valence-corrected chi connectivity index (χ1v) is 7.91. The summed E-state index contributed by atoms with van der Waals surface area (Å²) in [6.45, 7) is 0.588. The summed E-state index contributed by atoms with van der Waals surface area (Å²) >= 11 is 6.04. The van der Waals surface area contributed by atoms with Crippen molar-refractivity contribution in [3.8, 4) is 11.4 Å². The average Bonchev–Trinajstić information content (AvgIpc) is 3.18. The van der Waals surface area contributed by atoms with E-state index in [0.717, 1.165) is 22.8 Å². The van der Waals surface area contributed by atoms with Crippen molar-refractivity contribution in [1.82, 2.24) is 14.7 Å². The van der Waals surface area contributed by atoms with Gasteiger partial charge in [0, 0.05) is 39.8 Å². The predicted molar refractivity (Wildman–Crippen MR) is 94.0 cm³/mol. The van der Waals surface area contributed by atoms with Gasteiger partial charge in [0.25, 0.3) is 0 Å². The van der Waals surface area contributed by atoms with Crippen LogP contribution in [0.15, 0.2) is 58.0 Å². The minimum atomic E-state index is -0.621. The highest BCUT2D eigenvalue weighted by Crippen LogP contribution is 2.26. The zero-order valence-corrected chi connectivity index (χ0v) is 13.7. The highest BCUT2D eigenvalue weighted by molar-refractivity contribution is 6.30. The van der Waals surface area contributed by atoms with E-state index < -0.39 is 5.76 Å². The number of H-pyrrole nitrogens is 1. The van der Waals surface area contributed by atoms with E-state index in [4.69, 9.17) is 11.6 Å². The maximum atomic E-state index is 11.5. The molecule has 4 rings (SSSR count). The van der Waals surface area contributed by atoms with Crippen molar-refractivity contribution in [2.45, 2.75) is 6.54 Å². The summed E-state index contributed by atoms with van der Waals surface area (Å²) in [5.74, 6) is -0.296. The van der Waals surface area contributed by atoms with Crippen LogP contribution in [0.1, 0.15) is 15.9 Å². The van der Waals surface area contributed by atoms with Crippen LogP contribution in [0.3, 0.4) is 0 Å². The third-order valence-corrected chi connectivity index (χ3v) is 4.23. The van der Waals surface area contributed by atoms with E-state index in [1.54, 1.807) is 12.3 Å². The van der Waals surface area contributed by atoms with Crippen molar-refractivity contribution in [1.29, 1.82) is 0 Å². The van der Waals surface area contributed by atoms with E-state index in [-0.39, 0.29) is 0 Å². The molecule has 2 heterocycles. The number of nitrogens with zero attached hydrogens (tertiary/aromatic N) is 2. The summed E-state index contributed by atoms with van der Waals surface area (Å²) in [7, 11) is 0. The van der Waals surface area contributed by atoms with E-state index in [2.05, 4.69) is 14.7 Å². The SMILES string of the molecule is O=Cc1cn(Cc2cccc(Cl)c2)c2ccc(-c3noc(=O)[nH]3)cc12. The molecular weight excluding hydrogens is 342 g/mol. The Morgan fingerprint density at radius 3 is 2.84 bits per heavy atom. The number of aromatic nitrogens is 3. The largest absolute Gasteiger partial charge is 0.439 e. The van der Waals surface area contributed by atoms with Gasteiger partial charge >= 0.3 is 5.76 Å². The molecule has 124 valence electrons. The van der Waals surface area contributed by atoms with Crippen LogP contribution >= 0.6 is 11.6 Å². The molecule has 2 aromatic heterocycles. The number of halogens is 1. The Morgan fingerprint density at radius 1 is 1.24 bits per heavy atom. The molecule has 0 aliphatic carbocycles. The van der Waals surface area contributed by atoms with Gasteiger partial charge in [-0.1, -0.05) is 28.9 Å². The lowest BCUT2D eigenvalue weighted by Gasteiger charge is -2.06. The molecule has 0 aliphatic heterocycles. The molecule has 25 heavy (non-hydrogen) atoms. The normalized spacial score (nSPS) is 11.1. The molecule has 0 unspecified atom stereocenters. The van der Waals surface area contributed by atoms with E-state index in [1.165, 1.54) is 0 Å². The Kier molecular flexibility index (Phi) is 3.74. The van der Waals surface area contributed by atoms with Crippen molar-refractivity contribution in [2.75, 3.05) is 0 Å². The third kappa shape index (κ3) is 2.88. The highest BCUT2D eigenvalue weighted by atomic mass is 35.5. The standard InChI is InChI=1S/C18H12ClN3O3/c19-14-3-1-2-11(6-14)8-22-9-13(10-23)15-7-12(4-5-16(15)22)17-20-18(24)25-21-17/h1-7,9-10H,8H2,(H,20,21,24). The van der Waals surface area contributed by atoms with Crippen LogP contribution < -0.4 is 5.76 Å². The second kappa shape index (κ2) is 6.07. The van der Waals surface area contributed by atoms with Crippen LogP contribution in [-0.2, 0) is 6.54 Å². The molecule has 1 N–H and O–H groups in total. The van der Waals surface area contributed by atoms with E-state index >= 15 is 0 Å². The van der Waals surface area contributed by atoms with Crippen molar-refractivity contribution >= 4 is 28.8 Å². The molecule has 6 nitrogen and oxygen atoms in total. The number of carbonyl (C=O) groups is 1. The molecule has 0 atom stereocenters. The number of benzene rings is 2. The number of fused-ring (bicyclic) bond motifs is 1. The van der Waals surface area contributed by atoms with Gasteiger partial charge in [0.15, 0.2) is 12.1 Å². The zero-order valence-electron chi connectivity index (χ0n) is 12.9. The third-order valence-electron chi connectivity index (χ3n) is 3.99. The fourth-order valence-electron chi connectivity index (χ4n) is 2.88. The quantitative estimate of drug-likeness (QED) is 0.569. The van der Waals surface area contributed by atoms with Gasteiger partial charge in [-0.05, 0) is 35.9 Å². The fraction of sp³-hybridized carbons (Fsp3) is 0.0556. The zero-order chi connectivity index (χ0) is 17.4. The van der Waals surface area contributed by atoms with Crippen molar-refractivity contribution in [3.63, 3.8) is 0 Å². The predicted octanol–water partition coefficient (Wildman–Crippen LogP) is 3.50. The lowest BCUT2D eigenvalue weighted by molar-refractivity contribution is 0.112. The minimum Gasteiger partial charge on any atom is -0.342 e. The molecule has 0 amide bonds. The Bertz CT molecular complexity index is 1140. The van der Waals surface area contributed by atoms with Crippen LogP contribution in [0, 0.1) is 0 Å². The van der Waals surface area contributed by atoms with Gasteiger partial charge in [-0.2, -0.15) is 0 Å². The van der Waals surface area contributed by atoms with Crippen LogP contribution in [0.25, 0.3) is 22.3 Å². The first kappa shape index (κ1) is 15.4. The molecule has 0 aliphatic rings. The second-order valence-electron chi connectivity index (χ2n) is 5.64. The van der Waals surface area contributed by atoms with E-state index in [9.17, 15) is 9.59 Å². The molecule has 0 bridgehead atoms. The van der Waals surface area contributed by atoms with Gasteiger partial charge in [0.05, 0.1) is 0 Å². The number of rotatable bonds is 4. The van der Waals surface area contributed by atoms with Crippen molar-refractivity contribution < 1.29 is 9.32 Å². The van der Waals surface area contributed by atoms with Crippen LogP contribution in [-0.4, -0.2) is 21.0 Å². The number of nitrogens with one attached hydrogen (secondary N) is 1. The van der Waals surface area contributed by atoms with Crippen LogP contribution in [0.4, 0.5) is 0 Å². The number of hydrogen-bond acceptors (Lipinski definition) is 4. The minimum absolute atomic E-state index is 0.325. The topological polar surface area (TPSA) is 80.9 Å². The van der Waals surface area contributed by atoms with Crippen LogP contribution in [0.2, 0.25) is 5.02 Å². The molecule has 0 saturated heterocycles. The number of hydrogen-bond donors (Lipinski definition) is 1. The lowest BCUT2D eigenvalue weighted by Crippen LogP contribution is -1.98. The first-order chi connectivity index (χ1) is 12.1. The summed E-state index contributed by atoms with van der Waals surface area (Å²) in [5.41, 5.74) is 3.16. The fourth-order valence-corrected chi connectivity index (χ4v) is 3.10. The van der Waals surface area contributed by atoms with Gasteiger partial charge in [-0.3, -0.25) is 14.3 Å². The Labute approximate surface area is 146 Å². The summed E-state index contributed by atoms with van der Waals surface area (Å²) in [5, 5.41) is 5.12. The summed E-state index contributed by atoms with van der Waals surface area (Å²) in [4.78, 5) is 25.1. The Hall–Kier alpha value is -3.12. The number of aromatic amines is 1. The summed E-state index contributed by atoms with van der Waals surface area (Å²) in [6, 6.07) is 13.1. The van der Waals surface area contributed by atoms with Crippen LogP contribution in [0.5, 0.6) is 0 Å². The molecule has 0 fully saturated rings. The number of aldehydes is 1.